The summed E-state index contributed by atoms with van der Waals surface area (Å²) in [5, 5.41) is 0. The van der Waals surface area contributed by atoms with Gasteiger partial charge in [0.05, 0.1) is 23.3 Å². The van der Waals surface area contributed by atoms with E-state index < -0.39 is 30.3 Å². The first-order valence-electron chi connectivity index (χ1n) is 7.94. The van der Waals surface area contributed by atoms with Crippen molar-refractivity contribution in [3.05, 3.63) is 65.2 Å². The van der Waals surface area contributed by atoms with Gasteiger partial charge in [0.25, 0.3) is 11.8 Å². The second-order valence-electron chi connectivity index (χ2n) is 5.46. The van der Waals surface area contributed by atoms with E-state index in [4.69, 9.17) is 9.47 Å². The summed E-state index contributed by atoms with van der Waals surface area (Å²) in [6.07, 6.45) is 0. The Bertz CT molecular complexity index is 869. The molecule has 26 heavy (non-hydrogen) atoms. The molecule has 1 heterocycles. The van der Waals surface area contributed by atoms with E-state index >= 15 is 0 Å². The molecule has 3 rings (SSSR count). The van der Waals surface area contributed by atoms with Gasteiger partial charge >= 0.3 is 11.9 Å². The van der Waals surface area contributed by atoms with Gasteiger partial charge < -0.3 is 9.47 Å². The third kappa shape index (κ3) is 3.32. The molecule has 7 nitrogen and oxygen atoms in total. The van der Waals surface area contributed by atoms with Crippen molar-refractivity contribution in [3.8, 4) is 5.75 Å². The lowest BCUT2D eigenvalue weighted by molar-refractivity contribution is -0.134. The smallest absolute Gasteiger partial charge is 0.338 e. The zero-order valence-corrected chi connectivity index (χ0v) is 13.9. The maximum Gasteiger partial charge on any atom is 0.338 e. The van der Waals surface area contributed by atoms with E-state index in [0.29, 0.717) is 0 Å². The quantitative estimate of drug-likeness (QED) is 0.464. The van der Waals surface area contributed by atoms with E-state index in [9.17, 15) is 19.2 Å². The zero-order valence-electron chi connectivity index (χ0n) is 13.9. The Kier molecular flexibility index (Phi) is 4.79. The zero-order chi connectivity index (χ0) is 18.7. The molecule has 0 radical (unpaired) electrons. The van der Waals surface area contributed by atoms with E-state index in [1.807, 2.05) is 0 Å². The molecule has 0 aromatic heterocycles. The van der Waals surface area contributed by atoms with E-state index in [2.05, 4.69) is 0 Å². The van der Waals surface area contributed by atoms with Crippen molar-refractivity contribution >= 4 is 23.8 Å². The number of carbonyl (C=O) groups excluding carboxylic acids is 4. The van der Waals surface area contributed by atoms with Crippen molar-refractivity contribution in [2.75, 3.05) is 13.2 Å². The Labute approximate surface area is 149 Å². The third-order valence-electron chi connectivity index (χ3n) is 3.74. The van der Waals surface area contributed by atoms with Crippen LogP contribution in [-0.2, 0) is 9.53 Å². The minimum atomic E-state index is -0.791. The first kappa shape index (κ1) is 17.3. The average molecular weight is 353 g/mol. The molecule has 132 valence electrons. The number of carbonyl (C=O) groups is 4. The van der Waals surface area contributed by atoms with Crippen LogP contribution in [0.1, 0.15) is 38.0 Å². The van der Waals surface area contributed by atoms with Gasteiger partial charge in [-0.05, 0) is 37.3 Å². The number of imide groups is 1. The van der Waals surface area contributed by atoms with Gasteiger partial charge in [0.1, 0.15) is 12.3 Å². The molecule has 7 heteroatoms. The normalized spacial score (nSPS) is 12.7. The summed E-state index contributed by atoms with van der Waals surface area (Å²) < 4.78 is 10.0. The number of esters is 2. The van der Waals surface area contributed by atoms with Gasteiger partial charge in [-0.15, -0.1) is 0 Å². The summed E-state index contributed by atoms with van der Waals surface area (Å²) in [4.78, 5) is 49.2. The van der Waals surface area contributed by atoms with Crippen molar-refractivity contribution < 1.29 is 28.7 Å². The van der Waals surface area contributed by atoms with E-state index in [1.54, 1.807) is 19.1 Å². The standard InChI is InChI=1S/C19H15NO6/c1-2-25-19(24)12-6-5-7-13(10-12)26-16(21)11-20-17(22)14-8-3-4-9-15(14)18(20)23/h3-10H,2,11H2,1H3. The lowest BCUT2D eigenvalue weighted by Crippen LogP contribution is -2.36. The first-order chi connectivity index (χ1) is 12.5. The molecule has 1 aliphatic rings. The molecule has 2 amide bonds. The van der Waals surface area contributed by atoms with Crippen LogP contribution in [-0.4, -0.2) is 41.8 Å². The molecular weight excluding hydrogens is 338 g/mol. The van der Waals surface area contributed by atoms with Crippen LogP contribution in [0.3, 0.4) is 0 Å². The minimum Gasteiger partial charge on any atom is -0.462 e. The topological polar surface area (TPSA) is 90.0 Å². The van der Waals surface area contributed by atoms with Gasteiger partial charge in [-0.3, -0.25) is 14.5 Å². The number of ether oxygens (including phenoxy) is 2. The van der Waals surface area contributed by atoms with E-state index in [1.165, 1.54) is 36.4 Å². The van der Waals surface area contributed by atoms with E-state index in [0.717, 1.165) is 4.90 Å². The molecule has 2 aromatic rings. The number of benzene rings is 2. The van der Waals surface area contributed by atoms with Crippen LogP contribution in [0.15, 0.2) is 48.5 Å². The number of fused-ring (bicyclic) bond motifs is 1. The van der Waals surface area contributed by atoms with Crippen LogP contribution in [0.4, 0.5) is 0 Å². The molecule has 0 spiro atoms. The van der Waals surface area contributed by atoms with Gasteiger partial charge in [0, 0.05) is 0 Å². The van der Waals surface area contributed by atoms with Crippen molar-refractivity contribution in [2.45, 2.75) is 6.92 Å². The molecule has 0 saturated heterocycles. The first-order valence-corrected chi connectivity index (χ1v) is 7.94. The summed E-state index contributed by atoms with van der Waals surface area (Å²) >= 11 is 0. The van der Waals surface area contributed by atoms with Crippen LogP contribution in [0.5, 0.6) is 5.75 Å². The van der Waals surface area contributed by atoms with Crippen molar-refractivity contribution in [1.82, 2.24) is 4.90 Å². The van der Waals surface area contributed by atoms with Gasteiger partial charge in [0.15, 0.2) is 0 Å². The Morgan fingerprint density at radius 3 is 2.23 bits per heavy atom. The number of hydrogen-bond donors (Lipinski definition) is 0. The fourth-order valence-corrected chi connectivity index (χ4v) is 2.58. The van der Waals surface area contributed by atoms with Crippen LogP contribution in [0, 0.1) is 0 Å². The highest BCUT2D eigenvalue weighted by Gasteiger charge is 2.36. The molecule has 0 aliphatic carbocycles. The summed E-state index contributed by atoms with van der Waals surface area (Å²) in [7, 11) is 0. The Balaban J connectivity index is 1.69. The summed E-state index contributed by atoms with van der Waals surface area (Å²) in [5.41, 5.74) is 0.752. The average Bonchev–Trinajstić information content (AvgIpc) is 2.87. The molecule has 0 unspecified atom stereocenters. The lowest BCUT2D eigenvalue weighted by atomic mass is 10.1. The summed E-state index contributed by atoms with van der Waals surface area (Å²) in [6, 6.07) is 12.3. The minimum absolute atomic E-state index is 0.122. The molecule has 2 aromatic carbocycles. The lowest BCUT2D eigenvalue weighted by Gasteiger charge is -2.13. The van der Waals surface area contributed by atoms with Gasteiger partial charge in [-0.25, -0.2) is 9.59 Å². The third-order valence-corrected chi connectivity index (χ3v) is 3.74. The molecule has 0 fully saturated rings. The number of amides is 2. The molecular formula is C19H15NO6. The predicted octanol–water partition coefficient (Wildman–Crippen LogP) is 2.06. The maximum atomic E-state index is 12.2. The summed E-state index contributed by atoms with van der Waals surface area (Å²) in [6.45, 7) is 1.39. The number of rotatable bonds is 5. The van der Waals surface area contributed by atoms with Crippen molar-refractivity contribution in [2.24, 2.45) is 0 Å². The van der Waals surface area contributed by atoms with Crippen molar-refractivity contribution in [3.63, 3.8) is 0 Å². The fourth-order valence-electron chi connectivity index (χ4n) is 2.58. The molecule has 0 bridgehead atoms. The van der Waals surface area contributed by atoms with E-state index in [-0.39, 0.29) is 29.0 Å². The molecule has 1 aliphatic heterocycles. The van der Waals surface area contributed by atoms with Gasteiger partial charge in [-0.1, -0.05) is 18.2 Å². The van der Waals surface area contributed by atoms with Crippen LogP contribution in [0.25, 0.3) is 0 Å². The van der Waals surface area contributed by atoms with Crippen LogP contribution >= 0.6 is 0 Å². The second-order valence-corrected chi connectivity index (χ2v) is 5.46. The van der Waals surface area contributed by atoms with Gasteiger partial charge in [0.2, 0.25) is 0 Å². The molecule has 0 atom stereocenters. The highest BCUT2D eigenvalue weighted by atomic mass is 16.5. The number of hydrogen-bond acceptors (Lipinski definition) is 6. The SMILES string of the molecule is CCOC(=O)c1cccc(OC(=O)CN2C(=O)c3ccccc3C2=O)c1. The molecule has 0 N–H and O–H groups in total. The molecule has 0 saturated carbocycles. The largest absolute Gasteiger partial charge is 0.462 e. The predicted molar refractivity (Wildman–Crippen MR) is 89.8 cm³/mol. The Morgan fingerprint density at radius 1 is 0.962 bits per heavy atom. The Morgan fingerprint density at radius 2 is 1.62 bits per heavy atom. The van der Waals surface area contributed by atoms with Crippen molar-refractivity contribution in [1.29, 1.82) is 0 Å². The summed E-state index contributed by atoms with van der Waals surface area (Å²) in [5.74, 6) is -2.28. The second kappa shape index (κ2) is 7.18. The number of nitrogens with zero attached hydrogens (tertiary/aromatic N) is 1. The highest BCUT2D eigenvalue weighted by molar-refractivity contribution is 6.22. The van der Waals surface area contributed by atoms with Gasteiger partial charge in [-0.2, -0.15) is 0 Å². The monoisotopic (exact) mass is 353 g/mol. The maximum absolute atomic E-state index is 12.2. The fraction of sp³-hybridized carbons (Fsp3) is 0.158. The Hall–Kier alpha value is -3.48. The van der Waals surface area contributed by atoms with Crippen LogP contribution in [0.2, 0.25) is 0 Å². The highest BCUT2D eigenvalue weighted by Crippen LogP contribution is 2.22. The van der Waals surface area contributed by atoms with Crippen LogP contribution < -0.4 is 4.74 Å².